The fourth-order valence-corrected chi connectivity index (χ4v) is 0.437. The van der Waals surface area contributed by atoms with E-state index in [1.165, 1.54) is 7.11 Å². The third kappa shape index (κ3) is 6.83. The third-order valence-corrected chi connectivity index (χ3v) is 0.768. The molecule has 0 amide bonds. The van der Waals surface area contributed by atoms with Gasteiger partial charge in [0.25, 0.3) is 0 Å². The largest absolute Gasteiger partial charge is 0.399 e. The molecule has 0 aromatic rings. The Kier molecular flexibility index (Phi) is 5.15. The molecule has 0 fully saturated rings. The van der Waals surface area contributed by atoms with E-state index in [1.54, 1.807) is 0 Å². The van der Waals surface area contributed by atoms with Crippen LogP contribution in [0.25, 0.3) is 0 Å². The van der Waals surface area contributed by atoms with Crippen molar-refractivity contribution in [3.63, 3.8) is 0 Å². The predicted octanol–water partition coefficient (Wildman–Crippen LogP) is 1.42. The monoisotopic (exact) mass is 158 g/mol. The van der Waals surface area contributed by atoms with Crippen molar-refractivity contribution >= 4 is 11.4 Å². The molecule has 0 atom stereocenters. The second kappa shape index (κ2) is 5.70. The van der Waals surface area contributed by atoms with E-state index >= 15 is 0 Å². The maximum atomic E-state index is 4.89. The Balaban J connectivity index is 3.54. The first-order chi connectivity index (χ1) is 5.16. The fraction of sp³-hybridized carbons (Fsp3) is 0.714. The van der Waals surface area contributed by atoms with Gasteiger partial charge in [-0.25, -0.2) is 0 Å². The van der Waals surface area contributed by atoms with Crippen molar-refractivity contribution in [1.29, 1.82) is 0 Å². The smallest absolute Gasteiger partial charge is 0.158 e. The highest BCUT2D eigenvalue weighted by Gasteiger charge is 1.90. The lowest BCUT2D eigenvalue weighted by Gasteiger charge is -1.97. The molecule has 0 N–H and O–H groups in total. The van der Waals surface area contributed by atoms with E-state index < -0.39 is 0 Å². The first kappa shape index (κ1) is 9.94. The van der Waals surface area contributed by atoms with E-state index in [0.29, 0.717) is 6.61 Å². The van der Waals surface area contributed by atoms with E-state index in [1.807, 2.05) is 20.8 Å². The highest BCUT2D eigenvalue weighted by atomic mass is 16.6. The van der Waals surface area contributed by atoms with Crippen molar-refractivity contribution in [2.75, 3.05) is 13.7 Å². The van der Waals surface area contributed by atoms with Crippen LogP contribution in [-0.2, 0) is 9.68 Å². The SMILES string of the molecule is CO/N=C(\C)CON=C(C)C. The molecule has 0 radical (unpaired) electrons. The molecule has 0 aliphatic carbocycles. The zero-order valence-corrected chi connectivity index (χ0v) is 7.42. The highest BCUT2D eigenvalue weighted by Crippen LogP contribution is 1.84. The topological polar surface area (TPSA) is 43.2 Å². The van der Waals surface area contributed by atoms with Crippen LogP contribution in [0.3, 0.4) is 0 Å². The van der Waals surface area contributed by atoms with Gasteiger partial charge < -0.3 is 9.68 Å². The van der Waals surface area contributed by atoms with Crippen LogP contribution in [0.2, 0.25) is 0 Å². The molecule has 0 bridgehead atoms. The molecule has 0 aliphatic heterocycles. The van der Waals surface area contributed by atoms with Crippen molar-refractivity contribution in [3.8, 4) is 0 Å². The minimum absolute atomic E-state index is 0.374. The lowest BCUT2D eigenvalue weighted by molar-refractivity contribution is 0.172. The van der Waals surface area contributed by atoms with E-state index in [2.05, 4.69) is 15.1 Å². The molecule has 11 heavy (non-hydrogen) atoms. The zero-order valence-electron chi connectivity index (χ0n) is 7.42. The van der Waals surface area contributed by atoms with Gasteiger partial charge in [0.05, 0.1) is 11.4 Å². The summed E-state index contributed by atoms with van der Waals surface area (Å²) in [7, 11) is 1.50. The van der Waals surface area contributed by atoms with Crippen LogP contribution >= 0.6 is 0 Å². The Morgan fingerprint density at radius 3 is 2.27 bits per heavy atom. The molecular weight excluding hydrogens is 144 g/mol. The summed E-state index contributed by atoms with van der Waals surface area (Å²) < 4.78 is 0. The summed E-state index contributed by atoms with van der Waals surface area (Å²) in [4.78, 5) is 9.41. The van der Waals surface area contributed by atoms with Gasteiger partial charge in [0.1, 0.15) is 7.11 Å². The summed E-state index contributed by atoms with van der Waals surface area (Å²) >= 11 is 0. The standard InChI is InChI=1S/C7H14N2O2/c1-6(2)8-11-5-7(3)9-10-4/h5H2,1-4H3/b9-7+. The summed E-state index contributed by atoms with van der Waals surface area (Å²) in [5.41, 5.74) is 1.65. The molecule has 0 spiro atoms. The van der Waals surface area contributed by atoms with Crippen molar-refractivity contribution in [2.45, 2.75) is 20.8 Å². The van der Waals surface area contributed by atoms with Crippen LogP contribution < -0.4 is 0 Å². The number of oxime groups is 2. The second-order valence-electron chi connectivity index (χ2n) is 2.32. The number of rotatable bonds is 4. The molecule has 0 aromatic carbocycles. The average Bonchev–Trinajstić information content (AvgIpc) is 1.87. The van der Waals surface area contributed by atoms with E-state index in [9.17, 15) is 0 Å². The lowest BCUT2D eigenvalue weighted by atomic mass is 10.5. The number of hydrogen-bond donors (Lipinski definition) is 0. The molecule has 4 heteroatoms. The Hall–Kier alpha value is -1.06. The van der Waals surface area contributed by atoms with Crippen LogP contribution in [0.5, 0.6) is 0 Å². The highest BCUT2D eigenvalue weighted by molar-refractivity contribution is 5.83. The Morgan fingerprint density at radius 2 is 1.82 bits per heavy atom. The molecule has 0 saturated carbocycles. The summed E-state index contributed by atoms with van der Waals surface area (Å²) in [5, 5.41) is 7.37. The Bertz CT molecular complexity index is 160. The summed E-state index contributed by atoms with van der Waals surface area (Å²) in [6, 6.07) is 0. The molecule has 0 rings (SSSR count). The molecule has 0 aliphatic rings. The summed E-state index contributed by atoms with van der Waals surface area (Å²) in [6.45, 7) is 5.91. The van der Waals surface area contributed by atoms with Crippen LogP contribution in [-0.4, -0.2) is 25.1 Å². The molecule has 0 heterocycles. The van der Waals surface area contributed by atoms with Crippen molar-refractivity contribution in [2.24, 2.45) is 10.3 Å². The number of hydrogen-bond acceptors (Lipinski definition) is 4. The molecule has 4 nitrogen and oxygen atoms in total. The number of nitrogens with zero attached hydrogens (tertiary/aromatic N) is 2. The first-order valence-electron chi connectivity index (χ1n) is 3.36. The third-order valence-electron chi connectivity index (χ3n) is 0.768. The average molecular weight is 158 g/mol. The van der Waals surface area contributed by atoms with Gasteiger partial charge in [-0.15, -0.1) is 0 Å². The van der Waals surface area contributed by atoms with E-state index in [4.69, 9.17) is 4.84 Å². The van der Waals surface area contributed by atoms with Gasteiger partial charge in [0.15, 0.2) is 6.61 Å². The molecule has 0 unspecified atom stereocenters. The maximum Gasteiger partial charge on any atom is 0.158 e. The van der Waals surface area contributed by atoms with Gasteiger partial charge in [0.2, 0.25) is 0 Å². The zero-order chi connectivity index (χ0) is 8.69. The van der Waals surface area contributed by atoms with Crippen LogP contribution in [0.1, 0.15) is 20.8 Å². The predicted molar refractivity (Wildman–Crippen MR) is 44.9 cm³/mol. The van der Waals surface area contributed by atoms with Crippen molar-refractivity contribution in [3.05, 3.63) is 0 Å². The Labute approximate surface area is 66.9 Å². The summed E-state index contributed by atoms with van der Waals surface area (Å²) in [5.74, 6) is 0. The molecular formula is C7H14N2O2. The van der Waals surface area contributed by atoms with Gasteiger partial charge in [-0.3, -0.25) is 0 Å². The first-order valence-corrected chi connectivity index (χ1v) is 3.36. The van der Waals surface area contributed by atoms with Crippen LogP contribution in [0, 0.1) is 0 Å². The van der Waals surface area contributed by atoms with E-state index in [-0.39, 0.29) is 0 Å². The molecule has 0 aromatic heterocycles. The van der Waals surface area contributed by atoms with Crippen molar-refractivity contribution < 1.29 is 9.68 Å². The van der Waals surface area contributed by atoms with Gasteiger partial charge in [-0.1, -0.05) is 10.3 Å². The normalized spacial score (nSPS) is 10.7. The second-order valence-corrected chi connectivity index (χ2v) is 2.32. The van der Waals surface area contributed by atoms with Crippen LogP contribution in [0.15, 0.2) is 10.3 Å². The quantitative estimate of drug-likeness (QED) is 0.458. The van der Waals surface area contributed by atoms with Crippen LogP contribution in [0.4, 0.5) is 0 Å². The lowest BCUT2D eigenvalue weighted by Crippen LogP contribution is -2.02. The van der Waals surface area contributed by atoms with Gasteiger partial charge in [-0.05, 0) is 20.8 Å². The van der Waals surface area contributed by atoms with Gasteiger partial charge in [-0.2, -0.15) is 0 Å². The summed E-state index contributed by atoms with van der Waals surface area (Å²) in [6.07, 6.45) is 0. The molecule has 0 saturated heterocycles. The van der Waals surface area contributed by atoms with Gasteiger partial charge in [0, 0.05) is 0 Å². The minimum Gasteiger partial charge on any atom is -0.399 e. The Morgan fingerprint density at radius 1 is 1.18 bits per heavy atom. The van der Waals surface area contributed by atoms with E-state index in [0.717, 1.165) is 11.4 Å². The van der Waals surface area contributed by atoms with Gasteiger partial charge >= 0.3 is 0 Å². The molecule has 64 valence electrons. The fourth-order valence-electron chi connectivity index (χ4n) is 0.437. The van der Waals surface area contributed by atoms with Crippen molar-refractivity contribution in [1.82, 2.24) is 0 Å². The maximum absolute atomic E-state index is 4.89. The minimum atomic E-state index is 0.374.